The fourth-order valence-electron chi connectivity index (χ4n) is 0.507. The zero-order valence-electron chi connectivity index (χ0n) is 6.14. The summed E-state index contributed by atoms with van der Waals surface area (Å²) in [5, 5.41) is 10.4. The molecule has 0 bridgehead atoms. The van der Waals surface area contributed by atoms with E-state index in [1.807, 2.05) is 0 Å². The van der Waals surface area contributed by atoms with Gasteiger partial charge in [0.2, 0.25) is 0 Å². The third kappa shape index (κ3) is 4.46. The maximum Gasteiger partial charge on any atom is 0.405 e. The second-order valence-electron chi connectivity index (χ2n) is 1.98. The van der Waals surface area contributed by atoms with E-state index in [1.165, 1.54) is 0 Å². The zero-order valence-corrected chi connectivity index (χ0v) is 6.14. The molecule has 0 aromatic rings. The van der Waals surface area contributed by atoms with Crippen molar-refractivity contribution in [1.82, 2.24) is 4.90 Å². The lowest BCUT2D eigenvalue weighted by molar-refractivity contribution is -0.241. The molecule has 11 heavy (non-hydrogen) atoms. The van der Waals surface area contributed by atoms with Crippen LogP contribution in [0, 0.1) is 0 Å². The number of halogens is 3. The quantitative estimate of drug-likeness (QED) is 0.403. The van der Waals surface area contributed by atoms with Gasteiger partial charge in [0.05, 0.1) is 0 Å². The van der Waals surface area contributed by atoms with Gasteiger partial charge < -0.3 is 10.0 Å². The fourth-order valence-corrected chi connectivity index (χ4v) is 0.507. The number of amidine groups is 1. The minimum Gasteiger partial charge on any atom is -0.846 e. The fraction of sp³-hybridized carbons (Fsp3) is 0.800. The SMILES string of the molecule is CN=C([O-])N(C)CC(F)(F)F. The lowest BCUT2D eigenvalue weighted by Gasteiger charge is -2.25. The molecule has 0 spiro atoms. The van der Waals surface area contributed by atoms with Crippen molar-refractivity contribution in [2.75, 3.05) is 20.6 Å². The number of rotatable bonds is 1. The normalized spacial score (nSPS) is 13.4. The van der Waals surface area contributed by atoms with Gasteiger partial charge in [0.15, 0.2) is 0 Å². The molecule has 3 nitrogen and oxygen atoms in total. The molecule has 0 aliphatic rings. The molecule has 0 aromatic carbocycles. The lowest BCUT2D eigenvalue weighted by Crippen LogP contribution is -2.42. The molecule has 0 amide bonds. The maximum atomic E-state index is 11.6. The Morgan fingerprint density at radius 2 is 2.00 bits per heavy atom. The number of hydrogen-bond donors (Lipinski definition) is 0. The van der Waals surface area contributed by atoms with E-state index in [2.05, 4.69) is 4.99 Å². The summed E-state index contributed by atoms with van der Waals surface area (Å²) in [6.45, 7) is -1.26. The van der Waals surface area contributed by atoms with Gasteiger partial charge in [-0.1, -0.05) is 0 Å². The number of alkyl halides is 3. The Morgan fingerprint density at radius 3 is 2.27 bits per heavy atom. The Kier molecular flexibility index (Phi) is 3.16. The smallest absolute Gasteiger partial charge is 0.405 e. The predicted molar refractivity (Wildman–Crippen MR) is 32.0 cm³/mol. The monoisotopic (exact) mass is 169 g/mol. The summed E-state index contributed by atoms with van der Waals surface area (Å²) in [5.41, 5.74) is 0. The Morgan fingerprint density at radius 1 is 1.55 bits per heavy atom. The number of nitrogens with zero attached hydrogens (tertiary/aromatic N) is 2. The topological polar surface area (TPSA) is 38.7 Å². The number of hydrogen-bond acceptors (Lipinski definition) is 2. The molecule has 6 heteroatoms. The molecule has 0 N–H and O–H groups in total. The van der Waals surface area contributed by atoms with Crippen LogP contribution >= 0.6 is 0 Å². The summed E-state index contributed by atoms with van der Waals surface area (Å²) in [7, 11) is 2.19. The first kappa shape index (κ1) is 10.1. The first-order valence-electron chi connectivity index (χ1n) is 2.78. The van der Waals surface area contributed by atoms with Crippen LogP contribution in [-0.2, 0) is 0 Å². The molecule has 0 aliphatic carbocycles. The highest BCUT2D eigenvalue weighted by Gasteiger charge is 2.28. The highest BCUT2D eigenvalue weighted by atomic mass is 19.4. The Bertz CT molecular complexity index is 154. The van der Waals surface area contributed by atoms with Crippen molar-refractivity contribution in [3.63, 3.8) is 0 Å². The summed E-state index contributed by atoms with van der Waals surface area (Å²) in [5.74, 6) is 0. The summed E-state index contributed by atoms with van der Waals surface area (Å²) >= 11 is 0. The van der Waals surface area contributed by atoms with Crippen LogP contribution in [0.2, 0.25) is 0 Å². The van der Waals surface area contributed by atoms with Crippen molar-refractivity contribution >= 4 is 6.02 Å². The van der Waals surface area contributed by atoms with Gasteiger partial charge in [0.1, 0.15) is 6.54 Å². The van der Waals surface area contributed by atoms with Gasteiger partial charge in [-0.15, -0.1) is 0 Å². The van der Waals surface area contributed by atoms with Gasteiger partial charge in [-0.05, 0) is 0 Å². The molecule has 0 rings (SSSR count). The van der Waals surface area contributed by atoms with Crippen LogP contribution in [0.5, 0.6) is 0 Å². The van der Waals surface area contributed by atoms with E-state index < -0.39 is 18.7 Å². The van der Waals surface area contributed by atoms with E-state index in [1.54, 1.807) is 0 Å². The van der Waals surface area contributed by atoms with Crippen molar-refractivity contribution < 1.29 is 18.3 Å². The van der Waals surface area contributed by atoms with E-state index >= 15 is 0 Å². The van der Waals surface area contributed by atoms with Crippen molar-refractivity contribution in [3.05, 3.63) is 0 Å². The summed E-state index contributed by atoms with van der Waals surface area (Å²) in [4.78, 5) is 3.56. The van der Waals surface area contributed by atoms with Crippen LogP contribution in [0.1, 0.15) is 0 Å². The molecule has 0 atom stereocenters. The van der Waals surface area contributed by atoms with Crippen molar-refractivity contribution in [2.45, 2.75) is 6.18 Å². The highest BCUT2D eigenvalue weighted by molar-refractivity contribution is 5.68. The van der Waals surface area contributed by atoms with Gasteiger partial charge in [0.25, 0.3) is 0 Å². The van der Waals surface area contributed by atoms with Crippen molar-refractivity contribution in [1.29, 1.82) is 0 Å². The molecular formula is C5H8F3N2O-. The first-order valence-corrected chi connectivity index (χ1v) is 2.78. The van der Waals surface area contributed by atoms with Crippen LogP contribution in [-0.4, -0.2) is 37.7 Å². The van der Waals surface area contributed by atoms with E-state index in [0.717, 1.165) is 14.1 Å². The average Bonchev–Trinajstić information content (AvgIpc) is 1.82. The molecule has 0 aliphatic heterocycles. The zero-order chi connectivity index (χ0) is 9.07. The minimum absolute atomic E-state index is 0.500. The second kappa shape index (κ2) is 3.45. The highest BCUT2D eigenvalue weighted by Crippen LogP contribution is 2.14. The van der Waals surface area contributed by atoms with Crippen molar-refractivity contribution in [2.24, 2.45) is 4.99 Å². The Hall–Kier alpha value is -0.940. The summed E-state index contributed by atoms with van der Waals surface area (Å²) < 4.78 is 34.7. The molecule has 0 heterocycles. The Balaban J connectivity index is 3.98. The molecule has 0 saturated heterocycles. The molecule has 66 valence electrons. The van der Waals surface area contributed by atoms with Gasteiger partial charge in [-0.3, -0.25) is 4.99 Å². The van der Waals surface area contributed by atoms with Crippen LogP contribution in [0.4, 0.5) is 13.2 Å². The van der Waals surface area contributed by atoms with Gasteiger partial charge in [-0.2, -0.15) is 13.2 Å². The first-order chi connectivity index (χ1) is 4.87. The van der Waals surface area contributed by atoms with E-state index in [4.69, 9.17) is 0 Å². The summed E-state index contributed by atoms with van der Waals surface area (Å²) in [6, 6.07) is -0.873. The summed E-state index contributed by atoms with van der Waals surface area (Å²) in [6.07, 6.45) is -4.35. The predicted octanol–water partition coefficient (Wildman–Crippen LogP) is -0.173. The maximum absolute atomic E-state index is 11.6. The lowest BCUT2D eigenvalue weighted by atomic mass is 10.6. The standard InChI is InChI=1S/C5H9F3N2O/c1-9-4(11)10(2)3-5(6,7)8/h3H2,1-2H3,(H,9,11)/p-1. The van der Waals surface area contributed by atoms with Crippen LogP contribution in [0.3, 0.4) is 0 Å². The van der Waals surface area contributed by atoms with Crippen molar-refractivity contribution in [3.8, 4) is 0 Å². The van der Waals surface area contributed by atoms with E-state index in [-0.39, 0.29) is 0 Å². The Labute approximate surface area is 62.1 Å². The molecular weight excluding hydrogens is 161 g/mol. The molecule has 0 unspecified atom stereocenters. The molecule has 0 aromatic heterocycles. The number of aliphatic imine (C=N–C) groups is 1. The van der Waals surface area contributed by atoms with E-state index in [0.29, 0.717) is 4.90 Å². The average molecular weight is 169 g/mol. The second-order valence-corrected chi connectivity index (χ2v) is 1.98. The minimum atomic E-state index is -4.35. The largest absolute Gasteiger partial charge is 0.846 e. The van der Waals surface area contributed by atoms with Crippen LogP contribution < -0.4 is 5.11 Å². The third-order valence-corrected chi connectivity index (χ3v) is 0.934. The third-order valence-electron chi connectivity index (χ3n) is 0.934. The van der Waals surface area contributed by atoms with Gasteiger partial charge >= 0.3 is 6.18 Å². The molecule has 0 fully saturated rings. The van der Waals surface area contributed by atoms with Gasteiger partial charge in [0, 0.05) is 20.1 Å². The van der Waals surface area contributed by atoms with Crippen LogP contribution in [0.15, 0.2) is 4.99 Å². The molecule has 0 radical (unpaired) electrons. The van der Waals surface area contributed by atoms with Crippen LogP contribution in [0.25, 0.3) is 0 Å². The molecule has 0 saturated carbocycles. The van der Waals surface area contributed by atoms with E-state index in [9.17, 15) is 18.3 Å². The van der Waals surface area contributed by atoms with Gasteiger partial charge in [-0.25, -0.2) is 0 Å².